The molecule has 0 amide bonds. The van der Waals surface area contributed by atoms with Crippen LogP contribution in [0.25, 0.3) is 0 Å². The van der Waals surface area contributed by atoms with Gasteiger partial charge in [0.15, 0.2) is 5.15 Å². The topological polar surface area (TPSA) is 46.0 Å². The van der Waals surface area contributed by atoms with E-state index in [1.165, 1.54) is 0 Å². The molecular weight excluding hydrogens is 212 g/mol. The van der Waals surface area contributed by atoms with Gasteiger partial charge in [-0.1, -0.05) is 29.8 Å². The molecule has 0 spiro atoms. The maximum absolute atomic E-state index is 9.55. The Bertz CT molecular complexity index is 456. The molecule has 1 N–H and O–H groups in total. The highest BCUT2D eigenvalue weighted by Crippen LogP contribution is 2.18. The number of aromatic hydroxyl groups is 1. The van der Waals surface area contributed by atoms with E-state index in [0.29, 0.717) is 11.6 Å². The predicted octanol–water partition coefficient (Wildman–Crippen LogP) is 2.43. The fourth-order valence-corrected chi connectivity index (χ4v) is 1.39. The van der Waals surface area contributed by atoms with Gasteiger partial charge < -0.3 is 5.11 Å². The molecule has 0 aliphatic heterocycles. The summed E-state index contributed by atoms with van der Waals surface area (Å²) < 4.78 is 0. The van der Waals surface area contributed by atoms with Crippen LogP contribution in [0, 0.1) is 0 Å². The lowest BCUT2D eigenvalue weighted by molar-refractivity contribution is 0.469. The fourth-order valence-electron chi connectivity index (χ4n) is 1.29. The molecule has 0 bridgehead atoms. The molecule has 15 heavy (non-hydrogen) atoms. The van der Waals surface area contributed by atoms with Crippen molar-refractivity contribution in [2.75, 3.05) is 0 Å². The second kappa shape index (κ2) is 4.28. The summed E-state index contributed by atoms with van der Waals surface area (Å²) in [5.74, 6) is 0.272. The molecule has 76 valence electrons. The summed E-state index contributed by atoms with van der Waals surface area (Å²) in [7, 11) is 0. The van der Waals surface area contributed by atoms with E-state index in [1.807, 2.05) is 12.1 Å². The number of hydrogen-bond acceptors (Lipinski definition) is 3. The molecule has 0 saturated heterocycles. The van der Waals surface area contributed by atoms with E-state index in [1.54, 1.807) is 24.3 Å². The van der Waals surface area contributed by atoms with Crippen LogP contribution in [-0.4, -0.2) is 15.3 Å². The number of benzene rings is 1. The van der Waals surface area contributed by atoms with E-state index >= 15 is 0 Å². The zero-order valence-electron chi connectivity index (χ0n) is 7.89. The molecule has 0 fully saturated rings. The molecule has 0 aliphatic rings. The van der Waals surface area contributed by atoms with Gasteiger partial charge in [-0.2, -0.15) is 5.10 Å². The first-order valence-electron chi connectivity index (χ1n) is 4.50. The average molecular weight is 221 g/mol. The molecule has 2 rings (SSSR count). The smallest absolute Gasteiger partial charge is 0.151 e. The van der Waals surface area contributed by atoms with Crippen molar-refractivity contribution in [3.8, 4) is 5.75 Å². The van der Waals surface area contributed by atoms with E-state index in [9.17, 15) is 5.11 Å². The molecule has 0 atom stereocenters. The molecule has 2 aromatic rings. The van der Waals surface area contributed by atoms with Crippen LogP contribution >= 0.6 is 11.6 Å². The van der Waals surface area contributed by atoms with E-state index in [0.717, 1.165) is 11.3 Å². The van der Waals surface area contributed by atoms with Crippen LogP contribution in [-0.2, 0) is 6.42 Å². The average Bonchev–Trinajstić information content (AvgIpc) is 2.25. The Balaban J connectivity index is 2.22. The summed E-state index contributed by atoms with van der Waals surface area (Å²) in [6.07, 6.45) is 0.552. The van der Waals surface area contributed by atoms with Gasteiger partial charge in [0.1, 0.15) is 5.75 Å². The summed E-state index contributed by atoms with van der Waals surface area (Å²) >= 11 is 5.62. The van der Waals surface area contributed by atoms with Crippen molar-refractivity contribution >= 4 is 11.6 Å². The highest BCUT2D eigenvalue weighted by molar-refractivity contribution is 6.29. The van der Waals surface area contributed by atoms with Crippen molar-refractivity contribution < 1.29 is 5.11 Å². The van der Waals surface area contributed by atoms with E-state index in [2.05, 4.69) is 10.2 Å². The van der Waals surface area contributed by atoms with Crippen LogP contribution in [0.5, 0.6) is 5.75 Å². The Labute approximate surface area is 92.4 Å². The summed E-state index contributed by atoms with van der Waals surface area (Å²) in [5.41, 5.74) is 1.61. The Morgan fingerprint density at radius 1 is 1.07 bits per heavy atom. The molecule has 4 heteroatoms. The van der Waals surface area contributed by atoms with Crippen LogP contribution in [0.1, 0.15) is 11.3 Å². The molecule has 1 aromatic carbocycles. The fraction of sp³-hybridized carbons (Fsp3) is 0.0909. The van der Waals surface area contributed by atoms with Crippen molar-refractivity contribution in [1.82, 2.24) is 10.2 Å². The number of rotatable bonds is 2. The summed E-state index contributed by atoms with van der Waals surface area (Å²) in [6.45, 7) is 0. The first-order chi connectivity index (χ1) is 7.25. The lowest BCUT2D eigenvalue weighted by atomic mass is 10.1. The minimum Gasteiger partial charge on any atom is -0.508 e. The number of para-hydroxylation sites is 1. The van der Waals surface area contributed by atoms with E-state index < -0.39 is 0 Å². The van der Waals surface area contributed by atoms with Gasteiger partial charge in [-0.05, 0) is 23.8 Å². The zero-order chi connectivity index (χ0) is 10.7. The van der Waals surface area contributed by atoms with E-state index in [4.69, 9.17) is 11.6 Å². The van der Waals surface area contributed by atoms with Crippen molar-refractivity contribution in [3.05, 3.63) is 52.8 Å². The monoisotopic (exact) mass is 220 g/mol. The first kappa shape index (κ1) is 9.93. The van der Waals surface area contributed by atoms with Gasteiger partial charge in [0.05, 0.1) is 5.69 Å². The number of nitrogens with zero attached hydrogens (tertiary/aromatic N) is 2. The number of halogens is 1. The highest BCUT2D eigenvalue weighted by Gasteiger charge is 2.02. The summed E-state index contributed by atoms with van der Waals surface area (Å²) in [4.78, 5) is 0. The largest absolute Gasteiger partial charge is 0.508 e. The van der Waals surface area contributed by atoms with Crippen LogP contribution in [0.2, 0.25) is 5.15 Å². The van der Waals surface area contributed by atoms with Gasteiger partial charge >= 0.3 is 0 Å². The Hall–Kier alpha value is -1.61. The third-order valence-electron chi connectivity index (χ3n) is 2.05. The van der Waals surface area contributed by atoms with Crippen molar-refractivity contribution in [1.29, 1.82) is 0 Å². The Morgan fingerprint density at radius 3 is 2.53 bits per heavy atom. The lowest BCUT2D eigenvalue weighted by Gasteiger charge is -2.02. The van der Waals surface area contributed by atoms with Gasteiger partial charge in [0, 0.05) is 6.42 Å². The Morgan fingerprint density at radius 2 is 1.87 bits per heavy atom. The molecule has 0 aliphatic carbocycles. The van der Waals surface area contributed by atoms with Crippen LogP contribution in [0.3, 0.4) is 0 Å². The van der Waals surface area contributed by atoms with Crippen molar-refractivity contribution in [2.24, 2.45) is 0 Å². The molecule has 1 aromatic heterocycles. The molecule has 1 heterocycles. The quantitative estimate of drug-likeness (QED) is 0.846. The third kappa shape index (κ3) is 2.44. The van der Waals surface area contributed by atoms with Gasteiger partial charge in [-0.25, -0.2) is 0 Å². The Kier molecular flexibility index (Phi) is 2.83. The third-order valence-corrected chi connectivity index (χ3v) is 2.25. The van der Waals surface area contributed by atoms with Gasteiger partial charge in [0.2, 0.25) is 0 Å². The van der Waals surface area contributed by atoms with Crippen molar-refractivity contribution in [2.45, 2.75) is 6.42 Å². The molecule has 0 saturated carbocycles. The SMILES string of the molecule is Oc1ccccc1Cc1ccc(Cl)nn1. The number of phenols is 1. The normalized spacial score (nSPS) is 10.2. The van der Waals surface area contributed by atoms with Crippen LogP contribution < -0.4 is 0 Å². The minimum atomic E-state index is 0.272. The maximum atomic E-state index is 9.55. The van der Waals surface area contributed by atoms with Gasteiger partial charge in [0.25, 0.3) is 0 Å². The van der Waals surface area contributed by atoms with Crippen LogP contribution in [0.4, 0.5) is 0 Å². The second-order valence-corrected chi connectivity index (χ2v) is 3.54. The summed E-state index contributed by atoms with van der Waals surface area (Å²) in [6, 6.07) is 10.6. The highest BCUT2D eigenvalue weighted by atomic mass is 35.5. The molecular formula is C11H9ClN2O. The van der Waals surface area contributed by atoms with Gasteiger partial charge in [-0.15, -0.1) is 5.10 Å². The standard InChI is InChI=1S/C11H9ClN2O/c12-11-6-5-9(13-14-11)7-8-3-1-2-4-10(8)15/h1-6,15H,7H2. The predicted molar refractivity (Wildman–Crippen MR) is 58.0 cm³/mol. The number of aromatic nitrogens is 2. The number of hydrogen-bond donors (Lipinski definition) is 1. The number of phenolic OH excluding ortho intramolecular Hbond substituents is 1. The van der Waals surface area contributed by atoms with Gasteiger partial charge in [-0.3, -0.25) is 0 Å². The van der Waals surface area contributed by atoms with Crippen LogP contribution in [0.15, 0.2) is 36.4 Å². The zero-order valence-corrected chi connectivity index (χ0v) is 8.65. The maximum Gasteiger partial charge on any atom is 0.151 e. The molecule has 0 unspecified atom stereocenters. The molecule has 0 radical (unpaired) electrons. The second-order valence-electron chi connectivity index (χ2n) is 3.15. The summed E-state index contributed by atoms with van der Waals surface area (Å²) in [5, 5.41) is 17.6. The molecule has 3 nitrogen and oxygen atoms in total. The lowest BCUT2D eigenvalue weighted by Crippen LogP contribution is -1.94. The van der Waals surface area contributed by atoms with E-state index in [-0.39, 0.29) is 5.75 Å². The minimum absolute atomic E-state index is 0.272. The first-order valence-corrected chi connectivity index (χ1v) is 4.88. The van der Waals surface area contributed by atoms with Crippen molar-refractivity contribution in [3.63, 3.8) is 0 Å².